The monoisotopic (exact) mass is 326 g/mol. The van der Waals surface area contributed by atoms with Crippen LogP contribution in [0.15, 0.2) is 60.8 Å². The standard InChI is InChI=1S/C19H14N6/c20-10-14-8-4-5-9-15(14)12-25-19-16(11-22-25)17(21)23-18(24-19)13-6-2-1-3-7-13/h1-9,11H,12H2,(H2,21,23,24). The van der Waals surface area contributed by atoms with Gasteiger partial charge in [0.05, 0.1) is 29.8 Å². The van der Waals surface area contributed by atoms with Gasteiger partial charge in [-0.15, -0.1) is 0 Å². The van der Waals surface area contributed by atoms with Crippen molar-refractivity contribution in [1.29, 1.82) is 5.26 Å². The summed E-state index contributed by atoms with van der Waals surface area (Å²) in [5, 5.41) is 14.4. The lowest BCUT2D eigenvalue weighted by molar-refractivity contribution is 0.703. The van der Waals surface area contributed by atoms with Crippen molar-refractivity contribution in [2.75, 3.05) is 5.73 Å². The second-order valence-electron chi connectivity index (χ2n) is 5.61. The lowest BCUT2D eigenvalue weighted by atomic mass is 10.1. The average molecular weight is 326 g/mol. The van der Waals surface area contributed by atoms with Gasteiger partial charge in [-0.2, -0.15) is 10.4 Å². The summed E-state index contributed by atoms with van der Waals surface area (Å²) < 4.78 is 1.75. The molecule has 6 nitrogen and oxygen atoms in total. The maximum absolute atomic E-state index is 9.27. The van der Waals surface area contributed by atoms with Crippen LogP contribution in [0.25, 0.3) is 22.4 Å². The van der Waals surface area contributed by atoms with Crippen LogP contribution in [0.2, 0.25) is 0 Å². The van der Waals surface area contributed by atoms with Crippen LogP contribution < -0.4 is 5.73 Å². The highest BCUT2D eigenvalue weighted by atomic mass is 15.3. The molecule has 0 amide bonds. The van der Waals surface area contributed by atoms with E-state index in [2.05, 4.69) is 21.1 Å². The Bertz CT molecular complexity index is 1090. The molecular formula is C19H14N6. The summed E-state index contributed by atoms with van der Waals surface area (Å²) in [4.78, 5) is 9.03. The van der Waals surface area contributed by atoms with Crippen molar-refractivity contribution in [2.45, 2.75) is 6.54 Å². The molecule has 0 spiro atoms. The molecule has 0 saturated carbocycles. The van der Waals surface area contributed by atoms with Crippen LogP contribution in [-0.2, 0) is 6.54 Å². The third-order valence-electron chi connectivity index (χ3n) is 4.02. The summed E-state index contributed by atoms with van der Waals surface area (Å²) >= 11 is 0. The molecule has 0 aliphatic heterocycles. The second-order valence-corrected chi connectivity index (χ2v) is 5.61. The van der Waals surface area contributed by atoms with Gasteiger partial charge in [-0.25, -0.2) is 14.6 Å². The van der Waals surface area contributed by atoms with Crippen LogP contribution in [0.4, 0.5) is 5.82 Å². The van der Waals surface area contributed by atoms with Gasteiger partial charge < -0.3 is 5.73 Å². The molecule has 120 valence electrons. The Hall–Kier alpha value is -3.72. The van der Waals surface area contributed by atoms with E-state index in [9.17, 15) is 5.26 Å². The molecule has 0 radical (unpaired) electrons. The summed E-state index contributed by atoms with van der Waals surface area (Å²) in [6, 6.07) is 19.3. The Morgan fingerprint density at radius 1 is 1.00 bits per heavy atom. The highest BCUT2D eigenvalue weighted by Gasteiger charge is 2.13. The maximum Gasteiger partial charge on any atom is 0.164 e. The van der Waals surface area contributed by atoms with E-state index >= 15 is 0 Å². The molecule has 4 rings (SSSR count). The van der Waals surface area contributed by atoms with E-state index in [1.54, 1.807) is 16.9 Å². The van der Waals surface area contributed by atoms with E-state index < -0.39 is 0 Å². The van der Waals surface area contributed by atoms with Crippen LogP contribution in [0.3, 0.4) is 0 Å². The fraction of sp³-hybridized carbons (Fsp3) is 0.0526. The number of benzene rings is 2. The summed E-state index contributed by atoms with van der Waals surface area (Å²) in [5.74, 6) is 0.949. The first-order valence-corrected chi connectivity index (χ1v) is 7.79. The maximum atomic E-state index is 9.27. The third kappa shape index (κ3) is 2.68. The van der Waals surface area contributed by atoms with Crippen molar-refractivity contribution < 1.29 is 0 Å². The predicted octanol–water partition coefficient (Wildman–Crippen LogP) is 3.00. The van der Waals surface area contributed by atoms with Gasteiger partial charge in [0, 0.05) is 5.56 Å². The van der Waals surface area contributed by atoms with Crippen LogP contribution in [0.1, 0.15) is 11.1 Å². The molecule has 2 N–H and O–H groups in total. The van der Waals surface area contributed by atoms with E-state index in [4.69, 9.17) is 5.73 Å². The van der Waals surface area contributed by atoms with Crippen LogP contribution in [-0.4, -0.2) is 19.7 Å². The first-order valence-electron chi connectivity index (χ1n) is 7.79. The third-order valence-corrected chi connectivity index (χ3v) is 4.02. The molecule has 2 aromatic carbocycles. The van der Waals surface area contributed by atoms with Crippen LogP contribution in [0, 0.1) is 11.3 Å². The van der Waals surface area contributed by atoms with E-state index in [1.165, 1.54) is 0 Å². The zero-order valence-electron chi connectivity index (χ0n) is 13.3. The fourth-order valence-corrected chi connectivity index (χ4v) is 2.74. The minimum absolute atomic E-state index is 0.392. The zero-order valence-corrected chi connectivity index (χ0v) is 13.3. The fourth-order valence-electron chi connectivity index (χ4n) is 2.74. The molecular weight excluding hydrogens is 312 g/mol. The molecule has 2 aromatic heterocycles. The average Bonchev–Trinajstić information content (AvgIpc) is 3.06. The smallest absolute Gasteiger partial charge is 0.164 e. The Balaban J connectivity index is 1.83. The van der Waals surface area contributed by atoms with E-state index in [0.29, 0.717) is 34.8 Å². The first-order chi connectivity index (χ1) is 12.3. The molecule has 2 heterocycles. The number of nitrogens with two attached hydrogens (primary N) is 1. The summed E-state index contributed by atoms with van der Waals surface area (Å²) in [7, 11) is 0. The van der Waals surface area contributed by atoms with Gasteiger partial charge in [0.15, 0.2) is 11.5 Å². The Morgan fingerprint density at radius 3 is 2.56 bits per heavy atom. The molecule has 0 saturated heterocycles. The van der Waals surface area contributed by atoms with Gasteiger partial charge in [0.2, 0.25) is 0 Å². The Kier molecular flexibility index (Phi) is 3.60. The van der Waals surface area contributed by atoms with Gasteiger partial charge >= 0.3 is 0 Å². The van der Waals surface area contributed by atoms with Crippen molar-refractivity contribution in [3.8, 4) is 17.5 Å². The zero-order chi connectivity index (χ0) is 17.2. The summed E-state index contributed by atoms with van der Waals surface area (Å²) in [6.07, 6.45) is 1.66. The molecule has 0 aliphatic carbocycles. The Labute approximate surface area is 144 Å². The van der Waals surface area contributed by atoms with Crippen molar-refractivity contribution in [2.24, 2.45) is 0 Å². The van der Waals surface area contributed by atoms with Crippen LogP contribution >= 0.6 is 0 Å². The molecule has 0 fully saturated rings. The van der Waals surface area contributed by atoms with Gasteiger partial charge in [-0.1, -0.05) is 48.5 Å². The summed E-state index contributed by atoms with van der Waals surface area (Å²) in [6.45, 7) is 0.442. The highest BCUT2D eigenvalue weighted by Crippen LogP contribution is 2.23. The number of hydrogen-bond donors (Lipinski definition) is 1. The lowest BCUT2D eigenvalue weighted by Gasteiger charge is -2.07. The topological polar surface area (TPSA) is 93.4 Å². The largest absolute Gasteiger partial charge is 0.383 e. The van der Waals surface area contributed by atoms with Crippen molar-refractivity contribution in [3.63, 3.8) is 0 Å². The molecule has 0 atom stereocenters. The number of rotatable bonds is 3. The first kappa shape index (κ1) is 14.8. The molecule has 25 heavy (non-hydrogen) atoms. The van der Waals surface area contributed by atoms with E-state index in [-0.39, 0.29) is 0 Å². The molecule has 0 bridgehead atoms. The second kappa shape index (κ2) is 6.06. The predicted molar refractivity (Wildman–Crippen MR) is 95.4 cm³/mol. The van der Waals surface area contributed by atoms with E-state index in [1.807, 2.05) is 48.5 Å². The quantitative estimate of drug-likeness (QED) is 0.624. The molecule has 4 aromatic rings. The SMILES string of the molecule is N#Cc1ccccc1Cn1ncc2c(N)nc(-c3ccccc3)nc21. The number of aromatic nitrogens is 4. The minimum atomic E-state index is 0.392. The number of fused-ring (bicyclic) bond motifs is 1. The number of nitriles is 1. The van der Waals surface area contributed by atoms with Gasteiger partial charge in [-0.3, -0.25) is 0 Å². The van der Waals surface area contributed by atoms with Gasteiger partial charge in [0.1, 0.15) is 5.82 Å². The number of hydrogen-bond acceptors (Lipinski definition) is 5. The highest BCUT2D eigenvalue weighted by molar-refractivity contribution is 5.87. The number of nitrogens with zero attached hydrogens (tertiary/aromatic N) is 5. The van der Waals surface area contributed by atoms with Crippen molar-refractivity contribution in [3.05, 3.63) is 71.9 Å². The number of anilines is 1. The van der Waals surface area contributed by atoms with Crippen molar-refractivity contribution in [1.82, 2.24) is 19.7 Å². The van der Waals surface area contributed by atoms with E-state index in [0.717, 1.165) is 11.1 Å². The number of nitrogen functional groups attached to an aromatic ring is 1. The molecule has 6 heteroatoms. The van der Waals surface area contributed by atoms with Gasteiger partial charge in [-0.05, 0) is 11.6 Å². The molecule has 0 aliphatic rings. The normalized spacial score (nSPS) is 10.7. The van der Waals surface area contributed by atoms with Crippen molar-refractivity contribution >= 4 is 16.9 Å². The Morgan fingerprint density at radius 2 is 1.76 bits per heavy atom. The molecule has 0 unspecified atom stereocenters. The lowest BCUT2D eigenvalue weighted by Crippen LogP contribution is -2.06. The van der Waals surface area contributed by atoms with Gasteiger partial charge in [0.25, 0.3) is 0 Å². The minimum Gasteiger partial charge on any atom is -0.383 e. The summed E-state index contributed by atoms with van der Waals surface area (Å²) in [5.41, 5.74) is 9.15. The van der Waals surface area contributed by atoms with Crippen LogP contribution in [0.5, 0.6) is 0 Å².